The van der Waals surface area contributed by atoms with E-state index < -0.39 is 6.10 Å². The number of hydrogen-bond acceptors (Lipinski definition) is 2. The summed E-state index contributed by atoms with van der Waals surface area (Å²) in [5, 5.41) is 19.6. The molecule has 0 amide bonds. The van der Waals surface area contributed by atoms with E-state index in [4.69, 9.17) is 0 Å². The van der Waals surface area contributed by atoms with Crippen LogP contribution in [-0.2, 0) is 0 Å². The first-order valence-corrected chi connectivity index (χ1v) is 7.07. The first-order chi connectivity index (χ1) is 7.78. The van der Waals surface area contributed by atoms with Crippen LogP contribution in [0.2, 0.25) is 0 Å². The minimum Gasteiger partial charge on any atom is -0.394 e. The molecule has 2 N–H and O–H groups in total. The Balaban J connectivity index is 2.36. The van der Waals surface area contributed by atoms with Crippen LogP contribution in [-0.4, -0.2) is 22.9 Å². The lowest BCUT2D eigenvalue weighted by Crippen LogP contribution is -2.51. The molecule has 0 heterocycles. The van der Waals surface area contributed by atoms with Gasteiger partial charge in [-0.3, -0.25) is 0 Å². The predicted molar refractivity (Wildman–Crippen MR) is 69.7 cm³/mol. The van der Waals surface area contributed by atoms with Crippen molar-refractivity contribution in [2.75, 3.05) is 6.61 Å². The fraction of sp³-hybridized carbons (Fsp3) is 1.00. The molecule has 2 saturated carbocycles. The van der Waals surface area contributed by atoms with Gasteiger partial charge in [-0.05, 0) is 42.4 Å². The van der Waals surface area contributed by atoms with Gasteiger partial charge in [0.25, 0.3) is 0 Å². The van der Waals surface area contributed by atoms with Gasteiger partial charge in [-0.2, -0.15) is 0 Å². The van der Waals surface area contributed by atoms with E-state index in [-0.39, 0.29) is 17.4 Å². The molecule has 4 atom stereocenters. The highest BCUT2D eigenvalue weighted by molar-refractivity contribution is 5.10. The molecular weight excluding hydrogens is 212 g/mol. The van der Waals surface area contributed by atoms with Gasteiger partial charge in [0.05, 0.1) is 12.7 Å². The quantitative estimate of drug-likeness (QED) is 0.779. The second-order valence-corrected chi connectivity index (χ2v) is 7.47. The van der Waals surface area contributed by atoms with E-state index >= 15 is 0 Å². The van der Waals surface area contributed by atoms with Crippen LogP contribution in [0.5, 0.6) is 0 Å². The van der Waals surface area contributed by atoms with Gasteiger partial charge in [-0.15, -0.1) is 0 Å². The van der Waals surface area contributed by atoms with Crippen molar-refractivity contribution in [3.8, 4) is 0 Å². The number of fused-ring (bicyclic) bond motifs is 1. The first kappa shape index (κ1) is 13.4. The Hall–Kier alpha value is -0.0800. The van der Waals surface area contributed by atoms with Gasteiger partial charge in [-0.25, -0.2) is 0 Å². The van der Waals surface area contributed by atoms with Crippen molar-refractivity contribution in [2.45, 2.75) is 65.9 Å². The van der Waals surface area contributed by atoms with Gasteiger partial charge in [0, 0.05) is 5.41 Å². The summed E-state index contributed by atoms with van der Waals surface area (Å²) < 4.78 is 0. The van der Waals surface area contributed by atoms with Crippen molar-refractivity contribution >= 4 is 0 Å². The number of rotatable bonds is 2. The van der Waals surface area contributed by atoms with Crippen LogP contribution in [0.3, 0.4) is 0 Å². The largest absolute Gasteiger partial charge is 0.394 e. The summed E-state index contributed by atoms with van der Waals surface area (Å²) in [7, 11) is 0. The SMILES string of the molecule is CC1(C)CCC[C@@]2(C)C1CC[C@@]2(C)C(O)CO. The third-order valence-corrected chi connectivity index (χ3v) is 6.40. The van der Waals surface area contributed by atoms with E-state index in [0.717, 1.165) is 6.42 Å². The Labute approximate surface area is 105 Å². The smallest absolute Gasteiger partial charge is 0.0829 e. The molecule has 0 aromatic carbocycles. The highest BCUT2D eigenvalue weighted by atomic mass is 16.3. The molecular formula is C15H28O2. The summed E-state index contributed by atoms with van der Waals surface area (Å²) in [4.78, 5) is 0. The number of aliphatic hydroxyl groups excluding tert-OH is 2. The first-order valence-electron chi connectivity index (χ1n) is 7.07. The molecule has 0 aromatic heterocycles. The lowest BCUT2D eigenvalue weighted by atomic mass is 9.51. The van der Waals surface area contributed by atoms with Crippen LogP contribution in [0.4, 0.5) is 0 Å². The highest BCUT2D eigenvalue weighted by Gasteiger charge is 2.61. The summed E-state index contributed by atoms with van der Waals surface area (Å²) in [6, 6.07) is 0. The summed E-state index contributed by atoms with van der Waals surface area (Å²) in [6.45, 7) is 9.21. The summed E-state index contributed by atoms with van der Waals surface area (Å²) in [5.41, 5.74) is 0.473. The predicted octanol–water partition coefficient (Wildman–Crippen LogP) is 2.97. The highest BCUT2D eigenvalue weighted by Crippen LogP contribution is 2.67. The molecule has 2 fully saturated rings. The summed E-state index contributed by atoms with van der Waals surface area (Å²) in [6.07, 6.45) is 5.46. The van der Waals surface area contributed by atoms with E-state index in [1.54, 1.807) is 0 Å². The molecule has 2 unspecified atom stereocenters. The molecule has 0 saturated heterocycles. The summed E-state index contributed by atoms with van der Waals surface area (Å²) in [5.74, 6) is 0.690. The topological polar surface area (TPSA) is 40.5 Å². The van der Waals surface area contributed by atoms with E-state index in [1.807, 2.05) is 0 Å². The van der Waals surface area contributed by atoms with Crippen molar-refractivity contribution < 1.29 is 10.2 Å². The van der Waals surface area contributed by atoms with Gasteiger partial charge in [-0.1, -0.05) is 34.1 Å². The Morgan fingerprint density at radius 1 is 1.12 bits per heavy atom. The fourth-order valence-corrected chi connectivity index (χ4v) is 4.99. The normalized spacial score (nSPS) is 46.6. The molecule has 2 nitrogen and oxygen atoms in total. The maximum Gasteiger partial charge on any atom is 0.0829 e. The Morgan fingerprint density at radius 2 is 1.76 bits per heavy atom. The number of hydrogen-bond donors (Lipinski definition) is 2. The molecule has 100 valence electrons. The fourth-order valence-electron chi connectivity index (χ4n) is 4.99. The van der Waals surface area contributed by atoms with Crippen molar-refractivity contribution in [3.63, 3.8) is 0 Å². The van der Waals surface area contributed by atoms with E-state index in [0.29, 0.717) is 11.3 Å². The van der Waals surface area contributed by atoms with Crippen LogP contribution >= 0.6 is 0 Å². The second kappa shape index (κ2) is 3.96. The third kappa shape index (κ3) is 1.67. The molecule has 0 bridgehead atoms. The third-order valence-electron chi connectivity index (χ3n) is 6.40. The van der Waals surface area contributed by atoms with Crippen LogP contribution in [0.15, 0.2) is 0 Å². The van der Waals surface area contributed by atoms with Gasteiger partial charge in [0.1, 0.15) is 0 Å². The summed E-state index contributed by atoms with van der Waals surface area (Å²) >= 11 is 0. The Kier molecular flexibility index (Phi) is 3.11. The van der Waals surface area contributed by atoms with E-state index in [1.165, 1.54) is 25.7 Å². The standard InChI is InChI=1S/C15H28O2/c1-13(2)7-5-8-14(3)11(13)6-9-15(14,4)12(17)10-16/h11-12,16-17H,5-10H2,1-4H3/t11?,12?,14-,15-/m0/s1. The zero-order valence-electron chi connectivity index (χ0n) is 11.8. The monoisotopic (exact) mass is 240 g/mol. The molecule has 2 aliphatic carbocycles. The lowest BCUT2D eigenvalue weighted by molar-refractivity contribution is -0.111. The van der Waals surface area contributed by atoms with Crippen LogP contribution in [0, 0.1) is 22.2 Å². The van der Waals surface area contributed by atoms with Crippen molar-refractivity contribution in [1.82, 2.24) is 0 Å². The lowest BCUT2D eigenvalue weighted by Gasteiger charge is -2.54. The maximum atomic E-state index is 10.2. The Morgan fingerprint density at radius 3 is 2.35 bits per heavy atom. The minimum atomic E-state index is -0.564. The van der Waals surface area contributed by atoms with Gasteiger partial charge < -0.3 is 10.2 Å². The van der Waals surface area contributed by atoms with Crippen molar-refractivity contribution in [2.24, 2.45) is 22.2 Å². The molecule has 2 aliphatic rings. The van der Waals surface area contributed by atoms with Crippen molar-refractivity contribution in [3.05, 3.63) is 0 Å². The van der Waals surface area contributed by atoms with Gasteiger partial charge in [0.2, 0.25) is 0 Å². The van der Waals surface area contributed by atoms with Crippen LogP contribution in [0.25, 0.3) is 0 Å². The van der Waals surface area contributed by atoms with Crippen molar-refractivity contribution in [1.29, 1.82) is 0 Å². The average Bonchev–Trinajstić information content (AvgIpc) is 2.52. The zero-order chi connectivity index (χ0) is 12.9. The zero-order valence-corrected chi connectivity index (χ0v) is 11.8. The van der Waals surface area contributed by atoms with Crippen LogP contribution < -0.4 is 0 Å². The molecule has 2 rings (SSSR count). The van der Waals surface area contributed by atoms with E-state index in [9.17, 15) is 10.2 Å². The maximum absolute atomic E-state index is 10.2. The van der Waals surface area contributed by atoms with Gasteiger partial charge in [0.15, 0.2) is 0 Å². The average molecular weight is 240 g/mol. The van der Waals surface area contributed by atoms with Gasteiger partial charge >= 0.3 is 0 Å². The molecule has 0 aromatic rings. The van der Waals surface area contributed by atoms with Crippen LogP contribution in [0.1, 0.15) is 59.8 Å². The molecule has 2 heteroatoms. The van der Waals surface area contributed by atoms with E-state index in [2.05, 4.69) is 27.7 Å². The molecule has 0 radical (unpaired) electrons. The molecule has 0 spiro atoms. The molecule has 17 heavy (non-hydrogen) atoms. The minimum absolute atomic E-state index is 0.0980. The number of aliphatic hydroxyl groups is 2. The molecule has 0 aliphatic heterocycles. The second-order valence-electron chi connectivity index (χ2n) is 7.47. The Bertz CT molecular complexity index is 299.